The Balaban J connectivity index is 2.37. The van der Waals surface area contributed by atoms with Gasteiger partial charge in [0.2, 0.25) is 0 Å². The number of hydrogen-bond acceptors (Lipinski definition) is 8. The molecule has 12 heteroatoms. The van der Waals surface area contributed by atoms with Gasteiger partial charge in [-0.25, -0.2) is 0 Å². The average Bonchev–Trinajstić information content (AvgIpc) is 2.87. The van der Waals surface area contributed by atoms with Gasteiger partial charge in [0.15, 0.2) is 0 Å². The second-order valence-corrected chi connectivity index (χ2v) is 11.7. The third-order valence-corrected chi connectivity index (χ3v) is 8.54. The highest BCUT2D eigenvalue weighted by molar-refractivity contribution is 7.86. The van der Waals surface area contributed by atoms with Gasteiger partial charge in [-0.2, -0.15) is 16.8 Å². The van der Waals surface area contributed by atoms with Gasteiger partial charge in [-0.15, -0.1) is 0 Å². The molecular weight excluding hydrogens is 544 g/mol. The summed E-state index contributed by atoms with van der Waals surface area (Å²) in [6.07, 6.45) is 0. The molecule has 39 heavy (non-hydrogen) atoms. The average molecular weight is 579 g/mol. The maximum Gasteiger partial charge on any atom is 0.294 e. The molecule has 0 bridgehead atoms. The van der Waals surface area contributed by atoms with E-state index in [0.29, 0.717) is 32.2 Å². The van der Waals surface area contributed by atoms with Crippen molar-refractivity contribution in [1.29, 1.82) is 0 Å². The molecule has 212 valence electrons. The molecule has 0 aromatic heterocycles. The Morgan fingerprint density at radius 3 is 1.36 bits per heavy atom. The molecule has 3 aromatic carbocycles. The largest absolute Gasteiger partial charge is 0.508 e. The van der Waals surface area contributed by atoms with E-state index < -0.39 is 35.9 Å². The molecule has 0 radical (unpaired) electrons. The van der Waals surface area contributed by atoms with Gasteiger partial charge in [0.1, 0.15) is 11.5 Å². The van der Waals surface area contributed by atoms with Crippen LogP contribution >= 0.6 is 0 Å². The number of aromatic hydroxyl groups is 2. The monoisotopic (exact) mass is 578 g/mol. The normalized spacial score (nSPS) is 12.1. The molecule has 0 atom stereocenters. The first-order valence-corrected chi connectivity index (χ1v) is 15.4. The van der Waals surface area contributed by atoms with E-state index >= 15 is 0 Å². The maximum atomic E-state index is 12.5. The minimum Gasteiger partial charge on any atom is -0.508 e. The third kappa shape index (κ3) is 6.47. The minimum absolute atomic E-state index is 0.110. The summed E-state index contributed by atoms with van der Waals surface area (Å²) < 4.78 is 68.0. The van der Waals surface area contributed by atoms with Crippen LogP contribution in [-0.4, -0.2) is 62.3 Å². The topological polar surface area (TPSA) is 156 Å². The van der Waals surface area contributed by atoms with Crippen molar-refractivity contribution in [1.82, 2.24) is 0 Å². The summed E-state index contributed by atoms with van der Waals surface area (Å²) in [7, 11) is -9.82. The molecule has 0 unspecified atom stereocenters. The number of rotatable bonds is 11. The number of phenols is 2. The summed E-state index contributed by atoms with van der Waals surface area (Å²) in [4.78, 5) is 2.47. The molecule has 3 rings (SSSR count). The third-order valence-electron chi connectivity index (χ3n) is 6.78. The Labute approximate surface area is 229 Å². The Morgan fingerprint density at radius 2 is 1.03 bits per heavy atom. The second kappa shape index (κ2) is 11.8. The Hall–Kier alpha value is -3.32. The molecule has 0 amide bonds. The Morgan fingerprint density at radius 1 is 0.615 bits per heavy atom. The van der Waals surface area contributed by atoms with E-state index in [1.165, 1.54) is 12.1 Å². The molecule has 10 nitrogen and oxygen atoms in total. The predicted molar refractivity (Wildman–Crippen MR) is 150 cm³/mol. The van der Waals surface area contributed by atoms with Gasteiger partial charge < -0.3 is 20.0 Å². The molecule has 4 N–H and O–H groups in total. The zero-order chi connectivity index (χ0) is 29.1. The molecule has 0 spiro atoms. The van der Waals surface area contributed by atoms with Crippen molar-refractivity contribution in [2.24, 2.45) is 0 Å². The van der Waals surface area contributed by atoms with Crippen molar-refractivity contribution >= 4 is 31.6 Å². The summed E-state index contributed by atoms with van der Waals surface area (Å²) in [5.41, 5.74) is 1.75. The summed E-state index contributed by atoms with van der Waals surface area (Å²) in [6, 6.07) is 12.5. The van der Waals surface area contributed by atoms with Crippen LogP contribution in [0.3, 0.4) is 0 Å². The van der Waals surface area contributed by atoms with Gasteiger partial charge in [0, 0.05) is 66.7 Å². The maximum absolute atomic E-state index is 12.5. The fourth-order valence-corrected chi connectivity index (χ4v) is 6.10. The van der Waals surface area contributed by atoms with E-state index in [-0.39, 0.29) is 28.2 Å². The van der Waals surface area contributed by atoms with Crippen molar-refractivity contribution in [2.75, 3.05) is 36.0 Å². The number of nitrogens with zero attached hydrogens (tertiary/aromatic N) is 2. The number of anilines is 2. The van der Waals surface area contributed by atoms with Crippen molar-refractivity contribution < 1.29 is 36.2 Å². The highest BCUT2D eigenvalue weighted by Gasteiger charge is 2.31. The van der Waals surface area contributed by atoms with Crippen LogP contribution in [0, 0.1) is 0 Å². The van der Waals surface area contributed by atoms with E-state index in [9.17, 15) is 36.2 Å². The predicted octanol–water partition coefficient (Wildman–Crippen LogP) is 4.46. The fraction of sp³-hybridized carbons (Fsp3) is 0.333. The van der Waals surface area contributed by atoms with Crippen LogP contribution in [0.5, 0.6) is 11.5 Å². The van der Waals surface area contributed by atoms with E-state index in [4.69, 9.17) is 0 Å². The summed E-state index contributed by atoms with van der Waals surface area (Å²) >= 11 is 0. The SMILES string of the molecule is CCN(CC)c1ccc(C(c2ccc(N(CC)CC)cc2O)c2ccc(S(=O)(=O)O)cc2S(=O)(=O)O)c(O)c1. The molecule has 0 aliphatic heterocycles. The smallest absolute Gasteiger partial charge is 0.294 e. The van der Waals surface area contributed by atoms with Crippen molar-refractivity contribution in [2.45, 2.75) is 43.4 Å². The van der Waals surface area contributed by atoms with E-state index in [0.717, 1.165) is 23.5 Å². The molecule has 0 fully saturated rings. The van der Waals surface area contributed by atoms with Crippen LogP contribution in [0.25, 0.3) is 0 Å². The summed E-state index contributed by atoms with van der Waals surface area (Å²) in [6.45, 7) is 10.5. The molecule has 0 saturated carbocycles. The summed E-state index contributed by atoms with van der Waals surface area (Å²) in [5.74, 6) is -1.54. The number of hydrogen-bond donors (Lipinski definition) is 4. The quantitative estimate of drug-likeness (QED) is 0.189. The highest BCUT2D eigenvalue weighted by Crippen LogP contribution is 2.44. The van der Waals surface area contributed by atoms with Gasteiger partial charge in [0.25, 0.3) is 20.2 Å². The van der Waals surface area contributed by atoms with Crippen LogP contribution in [0.2, 0.25) is 0 Å². The van der Waals surface area contributed by atoms with Crippen LogP contribution in [0.4, 0.5) is 11.4 Å². The zero-order valence-electron chi connectivity index (χ0n) is 22.2. The standard InChI is InChI=1S/C27H34N2O8S2/c1-5-28(6-2)18-9-12-21(24(30)15-18)27(22-13-10-19(16-25(22)31)29(7-3)8-4)23-14-11-20(38(32,33)34)17-26(23)39(35,36)37/h9-17,27,30-31H,5-8H2,1-4H3,(H,32,33,34)(H,35,36,37). The lowest BCUT2D eigenvalue weighted by Gasteiger charge is -2.27. The fourth-order valence-electron chi connectivity index (χ4n) is 4.76. The second-order valence-electron chi connectivity index (χ2n) is 8.91. The molecular formula is C27H34N2O8S2. The van der Waals surface area contributed by atoms with Gasteiger partial charge in [0.05, 0.1) is 9.79 Å². The Kier molecular flexibility index (Phi) is 9.16. The first kappa shape index (κ1) is 30.2. The molecule has 0 aliphatic carbocycles. The van der Waals surface area contributed by atoms with E-state index in [1.807, 2.05) is 37.5 Å². The molecule has 3 aromatic rings. The Bertz CT molecular complexity index is 1490. The van der Waals surface area contributed by atoms with Crippen LogP contribution < -0.4 is 9.80 Å². The van der Waals surface area contributed by atoms with Gasteiger partial charge in [-0.3, -0.25) is 9.11 Å². The van der Waals surface area contributed by atoms with Crippen LogP contribution in [-0.2, 0) is 20.2 Å². The van der Waals surface area contributed by atoms with E-state index in [1.54, 1.807) is 24.3 Å². The molecule has 0 saturated heterocycles. The number of phenolic OH excluding ortho intramolecular Hbond substituents is 2. The van der Waals surface area contributed by atoms with Crippen LogP contribution in [0.15, 0.2) is 64.4 Å². The number of benzene rings is 3. The van der Waals surface area contributed by atoms with Crippen molar-refractivity contribution in [3.8, 4) is 11.5 Å². The minimum atomic E-state index is -5.02. The first-order valence-electron chi connectivity index (χ1n) is 12.5. The lowest BCUT2D eigenvalue weighted by molar-refractivity contribution is 0.456. The van der Waals surface area contributed by atoms with Gasteiger partial charge in [-0.05, 0) is 57.5 Å². The van der Waals surface area contributed by atoms with Crippen molar-refractivity contribution in [3.05, 3.63) is 71.3 Å². The lowest BCUT2D eigenvalue weighted by Crippen LogP contribution is -2.22. The van der Waals surface area contributed by atoms with Crippen molar-refractivity contribution in [3.63, 3.8) is 0 Å². The van der Waals surface area contributed by atoms with E-state index in [2.05, 4.69) is 0 Å². The first-order chi connectivity index (χ1) is 18.3. The highest BCUT2D eigenvalue weighted by atomic mass is 32.2. The van der Waals surface area contributed by atoms with Gasteiger partial charge >= 0.3 is 0 Å². The molecule has 0 heterocycles. The summed E-state index contributed by atoms with van der Waals surface area (Å²) in [5, 5.41) is 22.3. The lowest BCUT2D eigenvalue weighted by atomic mass is 9.83. The van der Waals surface area contributed by atoms with Crippen LogP contribution in [0.1, 0.15) is 50.3 Å². The zero-order valence-corrected chi connectivity index (χ0v) is 23.9. The molecule has 0 aliphatic rings. The van der Waals surface area contributed by atoms with Gasteiger partial charge in [-0.1, -0.05) is 18.2 Å².